The summed E-state index contributed by atoms with van der Waals surface area (Å²) >= 11 is 0. The second kappa shape index (κ2) is 5.85. The Morgan fingerprint density at radius 1 is 1.26 bits per heavy atom. The fraction of sp³-hybridized carbons (Fsp3) is 0.529. The van der Waals surface area contributed by atoms with E-state index >= 15 is 0 Å². The van der Waals surface area contributed by atoms with Crippen molar-refractivity contribution in [2.24, 2.45) is 0 Å². The highest BCUT2D eigenvalue weighted by atomic mass is 16.5. The zero-order valence-corrected chi connectivity index (χ0v) is 13.6. The predicted molar refractivity (Wildman–Crippen MR) is 87.8 cm³/mol. The molecule has 23 heavy (non-hydrogen) atoms. The molecule has 1 fully saturated rings. The minimum atomic E-state index is 0.261. The molecule has 1 saturated heterocycles. The number of pyridine rings is 1. The first-order valence-corrected chi connectivity index (χ1v) is 8.21. The molecule has 0 radical (unpaired) electrons. The smallest absolute Gasteiger partial charge is 0.212 e. The van der Waals surface area contributed by atoms with Crippen LogP contribution in [0.15, 0.2) is 24.4 Å². The molecule has 0 N–H and O–H groups in total. The van der Waals surface area contributed by atoms with Gasteiger partial charge in [0.05, 0.1) is 17.9 Å². The molecule has 0 amide bonds. The van der Waals surface area contributed by atoms with Crippen LogP contribution in [0, 0.1) is 0 Å². The van der Waals surface area contributed by atoms with Crippen molar-refractivity contribution >= 4 is 5.82 Å². The first-order chi connectivity index (χ1) is 11.2. The molecule has 0 aliphatic carbocycles. The zero-order valence-electron chi connectivity index (χ0n) is 13.6. The predicted octanol–water partition coefficient (Wildman–Crippen LogP) is 2.34. The maximum atomic E-state index is 5.82. The standard InChI is InChI=1S/C17H22N4O2/c1-12-5-8-21-17(23-12)9-15(19-21)13-3-4-16(18-10-13)20-7-6-14(11-20)22-2/h3-4,9-10,12,14H,5-8,11H2,1-2H3/t12-,14-/m1/s1. The average Bonchev–Trinajstić information content (AvgIpc) is 3.21. The zero-order chi connectivity index (χ0) is 15.8. The first-order valence-electron chi connectivity index (χ1n) is 8.21. The fourth-order valence-corrected chi connectivity index (χ4v) is 3.22. The minimum absolute atomic E-state index is 0.261. The van der Waals surface area contributed by atoms with Gasteiger partial charge >= 0.3 is 0 Å². The van der Waals surface area contributed by atoms with E-state index in [1.54, 1.807) is 7.11 Å². The van der Waals surface area contributed by atoms with Crippen molar-refractivity contribution in [2.45, 2.75) is 38.5 Å². The summed E-state index contributed by atoms with van der Waals surface area (Å²) in [5.74, 6) is 1.85. The Labute approximate surface area is 136 Å². The lowest BCUT2D eigenvalue weighted by atomic mass is 10.2. The third-order valence-corrected chi connectivity index (χ3v) is 4.66. The summed E-state index contributed by atoms with van der Waals surface area (Å²) in [6.45, 7) is 4.91. The van der Waals surface area contributed by atoms with Crippen LogP contribution in [0.5, 0.6) is 5.88 Å². The van der Waals surface area contributed by atoms with Crippen molar-refractivity contribution in [1.29, 1.82) is 0 Å². The van der Waals surface area contributed by atoms with Gasteiger partial charge < -0.3 is 14.4 Å². The molecule has 2 aromatic heterocycles. The number of methoxy groups -OCH3 is 1. The quantitative estimate of drug-likeness (QED) is 0.870. The number of nitrogens with zero attached hydrogens (tertiary/aromatic N) is 4. The van der Waals surface area contributed by atoms with Crippen LogP contribution in [0.25, 0.3) is 11.3 Å². The van der Waals surface area contributed by atoms with Crippen LogP contribution >= 0.6 is 0 Å². The largest absolute Gasteiger partial charge is 0.475 e. The summed E-state index contributed by atoms with van der Waals surface area (Å²) in [5.41, 5.74) is 1.94. The van der Waals surface area contributed by atoms with E-state index in [9.17, 15) is 0 Å². The number of ether oxygens (including phenoxy) is 2. The lowest BCUT2D eigenvalue weighted by Crippen LogP contribution is -2.23. The van der Waals surface area contributed by atoms with Crippen molar-refractivity contribution in [3.63, 3.8) is 0 Å². The Balaban J connectivity index is 1.52. The Morgan fingerprint density at radius 3 is 2.91 bits per heavy atom. The van der Waals surface area contributed by atoms with Gasteiger partial charge in [0.25, 0.3) is 0 Å². The lowest BCUT2D eigenvalue weighted by molar-refractivity contribution is 0.121. The van der Waals surface area contributed by atoms with E-state index in [1.165, 1.54) is 0 Å². The normalized spacial score (nSPS) is 23.7. The van der Waals surface area contributed by atoms with E-state index in [0.29, 0.717) is 6.10 Å². The molecule has 0 bridgehead atoms. The van der Waals surface area contributed by atoms with E-state index in [-0.39, 0.29) is 6.10 Å². The number of fused-ring (bicyclic) bond motifs is 1. The van der Waals surface area contributed by atoms with Crippen LogP contribution in [-0.2, 0) is 11.3 Å². The van der Waals surface area contributed by atoms with Crippen molar-refractivity contribution in [2.75, 3.05) is 25.1 Å². The Bertz CT molecular complexity index is 682. The molecule has 122 valence electrons. The van der Waals surface area contributed by atoms with Gasteiger partial charge in [-0.15, -0.1) is 0 Å². The van der Waals surface area contributed by atoms with Gasteiger partial charge in [-0.2, -0.15) is 5.10 Å². The maximum absolute atomic E-state index is 5.82. The number of aromatic nitrogens is 3. The van der Waals surface area contributed by atoms with E-state index in [1.807, 2.05) is 16.9 Å². The SMILES string of the molecule is CO[C@@H]1CCN(c2ccc(-c3cc4n(n3)CC[C@@H](C)O4)cn2)C1. The second-order valence-corrected chi connectivity index (χ2v) is 6.31. The van der Waals surface area contributed by atoms with Crippen molar-refractivity contribution in [1.82, 2.24) is 14.8 Å². The van der Waals surface area contributed by atoms with Gasteiger partial charge in [-0.05, 0) is 25.5 Å². The third kappa shape index (κ3) is 2.79. The van der Waals surface area contributed by atoms with Gasteiger partial charge in [-0.25, -0.2) is 9.67 Å². The summed E-state index contributed by atoms with van der Waals surface area (Å²) in [5, 5.41) is 4.63. The molecule has 0 aromatic carbocycles. The van der Waals surface area contributed by atoms with Crippen LogP contribution in [-0.4, -0.2) is 47.2 Å². The molecular weight excluding hydrogens is 292 g/mol. The lowest BCUT2D eigenvalue weighted by Gasteiger charge is -2.20. The highest BCUT2D eigenvalue weighted by Crippen LogP contribution is 2.28. The molecule has 0 spiro atoms. The molecule has 2 aromatic rings. The molecule has 2 aliphatic heterocycles. The van der Waals surface area contributed by atoms with Gasteiger partial charge in [0, 0.05) is 51.0 Å². The highest BCUT2D eigenvalue weighted by Gasteiger charge is 2.23. The van der Waals surface area contributed by atoms with Crippen LogP contribution in [0.1, 0.15) is 19.8 Å². The summed E-state index contributed by atoms with van der Waals surface area (Å²) in [6, 6.07) is 6.15. The van der Waals surface area contributed by atoms with Gasteiger partial charge in [0.2, 0.25) is 5.88 Å². The van der Waals surface area contributed by atoms with Crippen LogP contribution < -0.4 is 9.64 Å². The summed E-state index contributed by atoms with van der Waals surface area (Å²) < 4.78 is 13.2. The number of rotatable bonds is 3. The molecular formula is C17H22N4O2. The highest BCUT2D eigenvalue weighted by molar-refractivity contribution is 5.61. The molecule has 4 heterocycles. The maximum Gasteiger partial charge on any atom is 0.212 e. The van der Waals surface area contributed by atoms with E-state index in [4.69, 9.17) is 9.47 Å². The molecule has 2 atom stereocenters. The molecule has 0 saturated carbocycles. The fourth-order valence-electron chi connectivity index (χ4n) is 3.22. The van der Waals surface area contributed by atoms with Gasteiger partial charge in [0.15, 0.2) is 0 Å². The van der Waals surface area contributed by atoms with Crippen molar-refractivity contribution in [3.8, 4) is 17.1 Å². The van der Waals surface area contributed by atoms with Crippen molar-refractivity contribution in [3.05, 3.63) is 24.4 Å². The molecule has 6 heteroatoms. The van der Waals surface area contributed by atoms with Gasteiger partial charge in [-0.1, -0.05) is 0 Å². The Kier molecular flexibility index (Phi) is 3.69. The third-order valence-electron chi connectivity index (χ3n) is 4.66. The summed E-state index contributed by atoms with van der Waals surface area (Å²) in [4.78, 5) is 6.87. The first kappa shape index (κ1) is 14.5. The number of hydrogen-bond donors (Lipinski definition) is 0. The van der Waals surface area contributed by atoms with E-state index in [0.717, 1.165) is 55.4 Å². The second-order valence-electron chi connectivity index (χ2n) is 6.31. The van der Waals surface area contributed by atoms with Crippen LogP contribution in [0.4, 0.5) is 5.82 Å². The topological polar surface area (TPSA) is 52.4 Å². The van der Waals surface area contributed by atoms with Crippen molar-refractivity contribution < 1.29 is 9.47 Å². The summed E-state index contributed by atoms with van der Waals surface area (Å²) in [7, 11) is 1.77. The van der Waals surface area contributed by atoms with E-state index in [2.05, 4.69) is 34.0 Å². The number of aryl methyl sites for hydroxylation is 1. The molecule has 4 rings (SSSR count). The molecule has 0 unspecified atom stereocenters. The Morgan fingerprint density at radius 2 is 2.17 bits per heavy atom. The van der Waals surface area contributed by atoms with Crippen LogP contribution in [0.3, 0.4) is 0 Å². The van der Waals surface area contributed by atoms with Gasteiger partial charge in [-0.3, -0.25) is 0 Å². The number of hydrogen-bond acceptors (Lipinski definition) is 5. The summed E-state index contributed by atoms with van der Waals surface area (Å²) in [6.07, 6.45) is 4.53. The molecule has 2 aliphatic rings. The van der Waals surface area contributed by atoms with E-state index < -0.39 is 0 Å². The molecule has 6 nitrogen and oxygen atoms in total. The monoisotopic (exact) mass is 314 g/mol. The number of anilines is 1. The average molecular weight is 314 g/mol. The van der Waals surface area contributed by atoms with Crippen LogP contribution in [0.2, 0.25) is 0 Å². The van der Waals surface area contributed by atoms with Gasteiger partial charge in [0.1, 0.15) is 5.82 Å². The minimum Gasteiger partial charge on any atom is -0.475 e. The Hall–Kier alpha value is -2.08.